The smallest absolute Gasteiger partial charge is 0.313 e. The van der Waals surface area contributed by atoms with Crippen LogP contribution in [0, 0.1) is 16.0 Å². The lowest BCUT2D eigenvalue weighted by Gasteiger charge is -2.10. The van der Waals surface area contributed by atoms with E-state index < -0.39 is 16.8 Å². The number of nitrogens with one attached hydrogen (secondary N) is 1. The van der Waals surface area contributed by atoms with Gasteiger partial charge in [-0.1, -0.05) is 13.8 Å². The number of ether oxygens (including phenoxy) is 1. The van der Waals surface area contributed by atoms with Gasteiger partial charge in [0, 0.05) is 17.7 Å². The van der Waals surface area contributed by atoms with Gasteiger partial charge in [0.05, 0.1) is 16.9 Å². The average Bonchev–Trinajstić information content (AvgIpc) is 2.37. The first-order chi connectivity index (χ1) is 9.70. The molecule has 0 saturated carbocycles. The van der Waals surface area contributed by atoms with Gasteiger partial charge < -0.3 is 10.1 Å². The molecule has 1 aromatic carbocycles. The molecule has 0 radical (unpaired) electrons. The van der Waals surface area contributed by atoms with Crippen LogP contribution in [0.15, 0.2) is 18.2 Å². The lowest BCUT2D eigenvalue weighted by Crippen LogP contribution is -2.30. The number of carbonyl (C=O) groups excluding carboxylic acids is 2. The number of hydrogen-bond donors (Lipinski definition) is 1. The summed E-state index contributed by atoms with van der Waals surface area (Å²) in [5, 5.41) is 13.5. The van der Waals surface area contributed by atoms with Gasteiger partial charge in [0.25, 0.3) is 11.6 Å². The van der Waals surface area contributed by atoms with Crippen molar-refractivity contribution in [3.63, 3.8) is 0 Å². The maximum absolute atomic E-state index is 11.9. The summed E-state index contributed by atoms with van der Waals surface area (Å²) in [5.74, 6) is -1.38. The van der Waals surface area contributed by atoms with E-state index in [0.29, 0.717) is 0 Å². The number of non-ortho nitro benzene ring substituents is 1. The number of nitro benzene ring substituents is 1. The predicted octanol–water partition coefficient (Wildman–Crippen LogP) is 2.29. The second-order valence-corrected chi connectivity index (χ2v) is 5.18. The number of nitro groups is 1. The van der Waals surface area contributed by atoms with Crippen molar-refractivity contribution in [2.75, 3.05) is 0 Å². The molecular formula is C14H18N2O5. The Morgan fingerprint density at radius 1 is 1.19 bits per heavy atom. The molecule has 0 heterocycles. The molecule has 0 aliphatic rings. The van der Waals surface area contributed by atoms with E-state index in [1.807, 2.05) is 0 Å². The van der Waals surface area contributed by atoms with Crippen molar-refractivity contribution in [2.45, 2.75) is 33.7 Å². The zero-order valence-electron chi connectivity index (χ0n) is 12.4. The molecule has 1 aromatic rings. The maximum atomic E-state index is 11.9. The number of carbonyl (C=O) groups is 2. The van der Waals surface area contributed by atoms with Gasteiger partial charge in [-0.3, -0.25) is 19.7 Å². The molecule has 0 saturated heterocycles. The minimum Gasteiger partial charge on any atom is -0.426 e. The SMILES string of the molecule is CC(C)NC(=O)c1cc(OC(=O)C(C)C)cc([N+](=O)[O-])c1. The summed E-state index contributed by atoms with van der Waals surface area (Å²) in [6.07, 6.45) is 0. The van der Waals surface area contributed by atoms with Crippen LogP contribution in [-0.4, -0.2) is 22.8 Å². The Bertz CT molecular complexity index is 566. The number of nitrogens with zero attached hydrogens (tertiary/aromatic N) is 1. The van der Waals surface area contributed by atoms with E-state index in [2.05, 4.69) is 5.32 Å². The highest BCUT2D eigenvalue weighted by molar-refractivity contribution is 5.95. The number of esters is 1. The van der Waals surface area contributed by atoms with Crippen molar-refractivity contribution in [3.8, 4) is 5.75 Å². The van der Waals surface area contributed by atoms with E-state index in [9.17, 15) is 19.7 Å². The zero-order chi connectivity index (χ0) is 16.2. The summed E-state index contributed by atoms with van der Waals surface area (Å²) in [7, 11) is 0. The Hall–Kier alpha value is -2.44. The Labute approximate surface area is 122 Å². The summed E-state index contributed by atoms with van der Waals surface area (Å²) >= 11 is 0. The average molecular weight is 294 g/mol. The lowest BCUT2D eigenvalue weighted by molar-refractivity contribution is -0.384. The Morgan fingerprint density at radius 2 is 1.81 bits per heavy atom. The van der Waals surface area contributed by atoms with Crippen LogP contribution in [0.5, 0.6) is 5.75 Å². The van der Waals surface area contributed by atoms with E-state index in [1.165, 1.54) is 6.07 Å². The molecule has 0 aromatic heterocycles. The van der Waals surface area contributed by atoms with E-state index in [1.54, 1.807) is 27.7 Å². The fourth-order valence-electron chi connectivity index (χ4n) is 1.46. The fraction of sp³-hybridized carbons (Fsp3) is 0.429. The summed E-state index contributed by atoms with van der Waals surface area (Å²) in [4.78, 5) is 33.8. The number of amides is 1. The molecule has 21 heavy (non-hydrogen) atoms. The molecule has 114 valence electrons. The summed E-state index contributed by atoms with van der Waals surface area (Å²) in [6, 6.07) is 3.46. The van der Waals surface area contributed by atoms with Crippen LogP contribution in [-0.2, 0) is 4.79 Å². The van der Waals surface area contributed by atoms with Crippen molar-refractivity contribution in [1.29, 1.82) is 0 Å². The van der Waals surface area contributed by atoms with Gasteiger partial charge in [-0.25, -0.2) is 0 Å². The molecule has 1 N–H and O–H groups in total. The van der Waals surface area contributed by atoms with Crippen molar-refractivity contribution in [1.82, 2.24) is 5.32 Å². The molecule has 0 atom stereocenters. The number of benzene rings is 1. The normalized spacial score (nSPS) is 10.6. The highest BCUT2D eigenvalue weighted by atomic mass is 16.6. The van der Waals surface area contributed by atoms with Crippen LogP contribution >= 0.6 is 0 Å². The van der Waals surface area contributed by atoms with E-state index in [4.69, 9.17) is 4.74 Å². The highest BCUT2D eigenvalue weighted by Crippen LogP contribution is 2.23. The Kier molecular flexibility index (Phi) is 5.40. The predicted molar refractivity (Wildman–Crippen MR) is 76.2 cm³/mol. The third-order valence-corrected chi connectivity index (χ3v) is 2.47. The first-order valence-electron chi connectivity index (χ1n) is 6.52. The molecule has 7 heteroatoms. The summed E-state index contributed by atoms with van der Waals surface area (Å²) in [6.45, 7) is 6.84. The van der Waals surface area contributed by atoms with E-state index in [-0.39, 0.29) is 29.0 Å². The highest BCUT2D eigenvalue weighted by Gasteiger charge is 2.18. The lowest BCUT2D eigenvalue weighted by atomic mass is 10.1. The maximum Gasteiger partial charge on any atom is 0.313 e. The molecule has 0 bridgehead atoms. The van der Waals surface area contributed by atoms with Crippen LogP contribution < -0.4 is 10.1 Å². The van der Waals surface area contributed by atoms with Crippen LogP contribution in [0.3, 0.4) is 0 Å². The van der Waals surface area contributed by atoms with E-state index >= 15 is 0 Å². The third kappa shape index (κ3) is 4.87. The van der Waals surface area contributed by atoms with Gasteiger partial charge in [0.2, 0.25) is 0 Å². The molecule has 0 aliphatic heterocycles. The fourth-order valence-corrected chi connectivity index (χ4v) is 1.46. The minimum atomic E-state index is -0.640. The number of rotatable bonds is 5. The standard InChI is InChI=1S/C14H18N2O5/c1-8(2)14(18)21-12-6-10(13(17)15-9(3)4)5-11(7-12)16(19)20/h5-9H,1-4H3,(H,15,17). The second-order valence-electron chi connectivity index (χ2n) is 5.18. The Balaban J connectivity index is 3.14. The van der Waals surface area contributed by atoms with Gasteiger partial charge in [-0.2, -0.15) is 0 Å². The van der Waals surface area contributed by atoms with Crippen LogP contribution in [0.4, 0.5) is 5.69 Å². The minimum absolute atomic E-state index is 0.0168. The molecule has 1 rings (SSSR count). The topological polar surface area (TPSA) is 98.5 Å². The van der Waals surface area contributed by atoms with Crippen LogP contribution in [0.25, 0.3) is 0 Å². The monoisotopic (exact) mass is 294 g/mol. The van der Waals surface area contributed by atoms with Crippen molar-refractivity contribution < 1.29 is 19.2 Å². The van der Waals surface area contributed by atoms with Gasteiger partial charge in [0.15, 0.2) is 0 Å². The zero-order valence-corrected chi connectivity index (χ0v) is 12.4. The Morgan fingerprint density at radius 3 is 2.29 bits per heavy atom. The van der Waals surface area contributed by atoms with Crippen LogP contribution in [0.2, 0.25) is 0 Å². The first-order valence-corrected chi connectivity index (χ1v) is 6.52. The number of hydrogen-bond acceptors (Lipinski definition) is 5. The third-order valence-electron chi connectivity index (χ3n) is 2.47. The molecule has 0 spiro atoms. The van der Waals surface area contributed by atoms with Crippen molar-refractivity contribution in [2.24, 2.45) is 5.92 Å². The van der Waals surface area contributed by atoms with Gasteiger partial charge in [-0.05, 0) is 19.9 Å². The molecule has 7 nitrogen and oxygen atoms in total. The van der Waals surface area contributed by atoms with Crippen molar-refractivity contribution >= 4 is 17.6 Å². The largest absolute Gasteiger partial charge is 0.426 e. The summed E-state index contributed by atoms with van der Waals surface area (Å²) in [5.41, 5.74) is -0.234. The van der Waals surface area contributed by atoms with Crippen LogP contribution in [0.1, 0.15) is 38.1 Å². The second kappa shape index (κ2) is 6.83. The van der Waals surface area contributed by atoms with Gasteiger partial charge >= 0.3 is 5.97 Å². The van der Waals surface area contributed by atoms with Gasteiger partial charge in [-0.15, -0.1) is 0 Å². The molecule has 0 unspecified atom stereocenters. The quantitative estimate of drug-likeness (QED) is 0.389. The molecular weight excluding hydrogens is 276 g/mol. The molecule has 0 fully saturated rings. The molecule has 0 aliphatic carbocycles. The first kappa shape index (κ1) is 16.6. The molecule has 1 amide bonds. The summed E-state index contributed by atoms with van der Waals surface area (Å²) < 4.78 is 5.04. The van der Waals surface area contributed by atoms with E-state index in [0.717, 1.165) is 12.1 Å². The van der Waals surface area contributed by atoms with Crippen molar-refractivity contribution in [3.05, 3.63) is 33.9 Å². The van der Waals surface area contributed by atoms with Gasteiger partial charge in [0.1, 0.15) is 5.75 Å².